The van der Waals surface area contributed by atoms with Gasteiger partial charge in [-0.3, -0.25) is 9.88 Å². The average molecular weight is 272 g/mol. The maximum atomic E-state index is 4.48. The number of pyridine rings is 1. The second-order valence-corrected chi connectivity index (χ2v) is 6.15. The van der Waals surface area contributed by atoms with E-state index >= 15 is 0 Å². The fourth-order valence-electron chi connectivity index (χ4n) is 2.86. The topological polar surface area (TPSA) is 16.1 Å². The van der Waals surface area contributed by atoms with Gasteiger partial charge in [-0.25, -0.2) is 0 Å². The molecule has 0 saturated carbocycles. The van der Waals surface area contributed by atoms with Crippen LogP contribution in [0.1, 0.15) is 42.3 Å². The molecule has 0 spiro atoms. The predicted octanol–water partition coefficient (Wildman–Crippen LogP) is 4.26. The number of nitrogens with zero attached hydrogens (tertiary/aromatic N) is 2. The van der Waals surface area contributed by atoms with Gasteiger partial charge in [-0.15, -0.1) is 11.3 Å². The van der Waals surface area contributed by atoms with Crippen LogP contribution in [0.2, 0.25) is 0 Å². The van der Waals surface area contributed by atoms with Crippen LogP contribution in [0.15, 0.2) is 41.9 Å². The normalized spacial score (nSPS) is 21.2. The van der Waals surface area contributed by atoms with Gasteiger partial charge in [0.1, 0.15) is 0 Å². The summed E-state index contributed by atoms with van der Waals surface area (Å²) in [6.07, 6.45) is 7.21. The Kier molecular flexibility index (Phi) is 4.26. The lowest BCUT2D eigenvalue weighted by atomic mass is 10.1. The van der Waals surface area contributed by atoms with Crippen molar-refractivity contribution in [2.75, 3.05) is 6.54 Å². The third-order valence-corrected chi connectivity index (χ3v) is 4.80. The van der Waals surface area contributed by atoms with Crippen molar-refractivity contribution in [1.82, 2.24) is 9.88 Å². The first-order chi connectivity index (χ1) is 9.43. The molecule has 2 aromatic rings. The molecule has 1 unspecified atom stereocenters. The second-order valence-electron chi connectivity index (χ2n) is 5.17. The summed E-state index contributed by atoms with van der Waals surface area (Å²) in [6, 6.07) is 11.2. The van der Waals surface area contributed by atoms with Gasteiger partial charge in [0.05, 0.1) is 5.69 Å². The van der Waals surface area contributed by atoms with Gasteiger partial charge in [-0.2, -0.15) is 0 Å². The smallest absolute Gasteiger partial charge is 0.0544 e. The molecule has 1 aliphatic rings. The summed E-state index contributed by atoms with van der Waals surface area (Å²) in [7, 11) is 0. The monoisotopic (exact) mass is 272 g/mol. The van der Waals surface area contributed by atoms with E-state index in [0.717, 1.165) is 6.54 Å². The molecule has 0 radical (unpaired) electrons. The minimum absolute atomic E-state index is 0.588. The molecule has 0 aliphatic carbocycles. The lowest BCUT2D eigenvalue weighted by Gasteiger charge is -2.28. The Balaban J connectivity index is 1.79. The Morgan fingerprint density at radius 3 is 2.95 bits per heavy atom. The van der Waals surface area contributed by atoms with Crippen LogP contribution in [0.25, 0.3) is 0 Å². The first-order valence-corrected chi connectivity index (χ1v) is 7.99. The molecule has 0 N–H and O–H groups in total. The quantitative estimate of drug-likeness (QED) is 0.830. The molecule has 0 aromatic carbocycles. The van der Waals surface area contributed by atoms with Crippen molar-refractivity contribution in [2.45, 2.75) is 38.3 Å². The lowest BCUT2D eigenvalue weighted by Crippen LogP contribution is -2.28. The number of hydrogen-bond acceptors (Lipinski definition) is 3. The van der Waals surface area contributed by atoms with Gasteiger partial charge in [0.2, 0.25) is 0 Å². The van der Waals surface area contributed by atoms with E-state index in [1.807, 2.05) is 23.6 Å². The van der Waals surface area contributed by atoms with E-state index in [1.54, 1.807) is 0 Å². The molecule has 3 heteroatoms. The fraction of sp³-hybridized carbons (Fsp3) is 0.438. The van der Waals surface area contributed by atoms with Crippen molar-refractivity contribution in [1.29, 1.82) is 0 Å². The number of rotatable bonds is 3. The Labute approximate surface area is 119 Å². The minimum atomic E-state index is 0.588. The molecule has 1 saturated heterocycles. The molecule has 2 aromatic heterocycles. The highest BCUT2D eigenvalue weighted by atomic mass is 32.1. The van der Waals surface area contributed by atoms with E-state index in [9.17, 15) is 0 Å². The van der Waals surface area contributed by atoms with Gasteiger partial charge in [0.25, 0.3) is 0 Å². The van der Waals surface area contributed by atoms with Crippen molar-refractivity contribution in [2.24, 2.45) is 0 Å². The van der Waals surface area contributed by atoms with E-state index in [2.05, 4.69) is 39.5 Å². The van der Waals surface area contributed by atoms with Crippen molar-refractivity contribution in [3.63, 3.8) is 0 Å². The molecule has 1 aliphatic heterocycles. The van der Waals surface area contributed by atoms with E-state index in [-0.39, 0.29) is 0 Å². The molecule has 1 fully saturated rings. The first-order valence-electron chi connectivity index (χ1n) is 7.11. The van der Waals surface area contributed by atoms with E-state index < -0.39 is 0 Å². The Hall–Kier alpha value is -1.19. The first kappa shape index (κ1) is 12.8. The molecule has 0 amide bonds. The van der Waals surface area contributed by atoms with Crippen LogP contribution in [0.4, 0.5) is 0 Å². The SMILES string of the molecule is c1ccc(CN2CCCCCC2c2cccs2)nc1. The zero-order valence-electron chi connectivity index (χ0n) is 11.2. The Morgan fingerprint density at radius 2 is 2.16 bits per heavy atom. The van der Waals surface area contributed by atoms with Gasteiger partial charge in [-0.05, 0) is 43.0 Å². The molecule has 100 valence electrons. The number of thiophene rings is 1. The fourth-order valence-corrected chi connectivity index (χ4v) is 3.76. The van der Waals surface area contributed by atoms with Gasteiger partial charge in [0, 0.05) is 23.7 Å². The summed E-state index contributed by atoms with van der Waals surface area (Å²) in [4.78, 5) is 8.61. The Bertz CT molecular complexity index is 481. The van der Waals surface area contributed by atoms with E-state index in [4.69, 9.17) is 0 Å². The molecule has 3 rings (SSSR count). The molecule has 2 nitrogen and oxygen atoms in total. The van der Waals surface area contributed by atoms with Crippen LogP contribution in [-0.4, -0.2) is 16.4 Å². The molecule has 3 heterocycles. The summed E-state index contributed by atoms with van der Waals surface area (Å²) < 4.78 is 0. The average Bonchev–Trinajstić information content (AvgIpc) is 2.88. The van der Waals surface area contributed by atoms with Crippen LogP contribution in [0.5, 0.6) is 0 Å². The third-order valence-electron chi connectivity index (χ3n) is 3.83. The van der Waals surface area contributed by atoms with Crippen molar-refractivity contribution in [3.05, 3.63) is 52.5 Å². The van der Waals surface area contributed by atoms with Crippen molar-refractivity contribution < 1.29 is 0 Å². The summed E-state index contributed by atoms with van der Waals surface area (Å²) >= 11 is 1.89. The minimum Gasteiger partial charge on any atom is -0.290 e. The largest absolute Gasteiger partial charge is 0.290 e. The van der Waals surface area contributed by atoms with Gasteiger partial charge in [-0.1, -0.05) is 25.0 Å². The standard InChI is InChI=1S/C16H20N2S/c1-2-8-15(16-9-6-12-19-16)18(11-5-1)13-14-7-3-4-10-17-14/h3-4,6-7,9-10,12,15H,1-2,5,8,11,13H2. The maximum absolute atomic E-state index is 4.48. The molecule has 1 atom stereocenters. The highest BCUT2D eigenvalue weighted by Crippen LogP contribution is 2.33. The van der Waals surface area contributed by atoms with Crippen LogP contribution in [0, 0.1) is 0 Å². The molecule has 19 heavy (non-hydrogen) atoms. The van der Waals surface area contributed by atoms with Crippen LogP contribution in [0.3, 0.4) is 0 Å². The summed E-state index contributed by atoms with van der Waals surface area (Å²) in [5.41, 5.74) is 1.19. The van der Waals surface area contributed by atoms with Crippen molar-refractivity contribution >= 4 is 11.3 Å². The molecular formula is C16H20N2S. The highest BCUT2D eigenvalue weighted by Gasteiger charge is 2.23. The van der Waals surface area contributed by atoms with Crippen LogP contribution < -0.4 is 0 Å². The zero-order chi connectivity index (χ0) is 12.9. The van der Waals surface area contributed by atoms with Crippen molar-refractivity contribution in [3.8, 4) is 0 Å². The lowest BCUT2D eigenvalue weighted by molar-refractivity contribution is 0.193. The summed E-state index contributed by atoms with van der Waals surface area (Å²) in [5, 5.41) is 2.19. The van der Waals surface area contributed by atoms with E-state index in [0.29, 0.717) is 6.04 Å². The summed E-state index contributed by atoms with van der Waals surface area (Å²) in [6.45, 7) is 2.17. The van der Waals surface area contributed by atoms with Gasteiger partial charge >= 0.3 is 0 Å². The number of aromatic nitrogens is 1. The van der Waals surface area contributed by atoms with Gasteiger partial charge < -0.3 is 0 Å². The zero-order valence-corrected chi connectivity index (χ0v) is 12.0. The maximum Gasteiger partial charge on any atom is 0.0544 e. The van der Waals surface area contributed by atoms with Crippen LogP contribution in [-0.2, 0) is 6.54 Å². The number of likely N-dealkylation sites (tertiary alicyclic amines) is 1. The summed E-state index contributed by atoms with van der Waals surface area (Å²) in [5.74, 6) is 0. The third kappa shape index (κ3) is 3.23. The second kappa shape index (κ2) is 6.31. The van der Waals surface area contributed by atoms with E-state index in [1.165, 1.54) is 42.8 Å². The van der Waals surface area contributed by atoms with Gasteiger partial charge in [0.15, 0.2) is 0 Å². The number of hydrogen-bond donors (Lipinski definition) is 0. The van der Waals surface area contributed by atoms with Crippen LogP contribution >= 0.6 is 11.3 Å². The molecular weight excluding hydrogens is 252 g/mol. The predicted molar refractivity (Wildman–Crippen MR) is 80.2 cm³/mol. The molecule has 0 bridgehead atoms. The Morgan fingerprint density at radius 1 is 1.16 bits per heavy atom. The highest BCUT2D eigenvalue weighted by molar-refractivity contribution is 7.10.